The summed E-state index contributed by atoms with van der Waals surface area (Å²) < 4.78 is 0. The molecular formula is C15H17N3O. The number of carbonyl (C=O) groups excluding carboxylic acids is 1. The number of aromatic nitrogens is 1. The van der Waals surface area contributed by atoms with Crippen LogP contribution < -0.4 is 10.6 Å². The molecule has 2 N–H and O–H groups in total. The van der Waals surface area contributed by atoms with Gasteiger partial charge in [-0.3, -0.25) is 4.79 Å². The summed E-state index contributed by atoms with van der Waals surface area (Å²) in [6, 6.07) is 11.5. The van der Waals surface area contributed by atoms with Crippen molar-refractivity contribution in [1.82, 2.24) is 10.3 Å². The van der Waals surface area contributed by atoms with Crippen molar-refractivity contribution in [2.24, 2.45) is 0 Å². The maximum atomic E-state index is 11.8. The van der Waals surface area contributed by atoms with Crippen molar-refractivity contribution < 1.29 is 4.79 Å². The van der Waals surface area contributed by atoms with Crippen molar-refractivity contribution in [3.8, 4) is 11.1 Å². The molecule has 0 saturated heterocycles. The predicted molar refractivity (Wildman–Crippen MR) is 77.2 cm³/mol. The first kappa shape index (κ1) is 13.1. The SMILES string of the molecule is CCNC(=O)c1cccc(-c2ccnc(NC)c2)c1. The Bertz CT molecular complexity index is 581. The lowest BCUT2D eigenvalue weighted by Crippen LogP contribution is -2.22. The van der Waals surface area contributed by atoms with Gasteiger partial charge in [0.05, 0.1) is 0 Å². The molecule has 0 atom stereocenters. The molecule has 1 heterocycles. The highest BCUT2D eigenvalue weighted by atomic mass is 16.1. The summed E-state index contributed by atoms with van der Waals surface area (Å²) in [4.78, 5) is 16.0. The highest BCUT2D eigenvalue weighted by molar-refractivity contribution is 5.95. The Morgan fingerprint density at radius 2 is 2.00 bits per heavy atom. The van der Waals surface area contributed by atoms with Crippen molar-refractivity contribution in [3.63, 3.8) is 0 Å². The van der Waals surface area contributed by atoms with E-state index in [2.05, 4.69) is 15.6 Å². The first-order valence-corrected chi connectivity index (χ1v) is 6.27. The number of amides is 1. The van der Waals surface area contributed by atoms with Crippen LogP contribution in [0.15, 0.2) is 42.6 Å². The molecule has 0 aliphatic rings. The van der Waals surface area contributed by atoms with Crippen LogP contribution >= 0.6 is 0 Å². The fourth-order valence-electron chi connectivity index (χ4n) is 1.85. The van der Waals surface area contributed by atoms with Gasteiger partial charge in [0.15, 0.2) is 0 Å². The summed E-state index contributed by atoms with van der Waals surface area (Å²) in [6.07, 6.45) is 1.75. The Morgan fingerprint density at radius 3 is 2.74 bits per heavy atom. The molecule has 0 aliphatic heterocycles. The molecule has 1 aromatic heterocycles. The second-order valence-electron chi connectivity index (χ2n) is 4.12. The normalized spacial score (nSPS) is 10.0. The van der Waals surface area contributed by atoms with E-state index in [1.54, 1.807) is 6.20 Å². The fraction of sp³-hybridized carbons (Fsp3) is 0.200. The summed E-state index contributed by atoms with van der Waals surface area (Å²) in [6.45, 7) is 2.53. The Labute approximate surface area is 112 Å². The van der Waals surface area contributed by atoms with Crippen molar-refractivity contribution in [2.45, 2.75) is 6.92 Å². The summed E-state index contributed by atoms with van der Waals surface area (Å²) in [7, 11) is 1.83. The number of pyridine rings is 1. The van der Waals surface area contributed by atoms with E-state index < -0.39 is 0 Å². The second-order valence-corrected chi connectivity index (χ2v) is 4.12. The molecule has 2 rings (SSSR count). The molecule has 1 amide bonds. The van der Waals surface area contributed by atoms with Gasteiger partial charge in [-0.25, -0.2) is 4.98 Å². The van der Waals surface area contributed by atoms with E-state index in [1.807, 2.05) is 50.4 Å². The van der Waals surface area contributed by atoms with Crippen LogP contribution in [0.25, 0.3) is 11.1 Å². The minimum atomic E-state index is -0.0488. The van der Waals surface area contributed by atoms with Gasteiger partial charge in [-0.15, -0.1) is 0 Å². The molecule has 0 bridgehead atoms. The smallest absolute Gasteiger partial charge is 0.251 e. The van der Waals surface area contributed by atoms with Crippen LogP contribution in [0, 0.1) is 0 Å². The zero-order valence-electron chi connectivity index (χ0n) is 11.1. The van der Waals surface area contributed by atoms with Gasteiger partial charge in [0.25, 0.3) is 5.91 Å². The number of rotatable bonds is 4. The van der Waals surface area contributed by atoms with Crippen LogP contribution in [0.1, 0.15) is 17.3 Å². The van der Waals surface area contributed by atoms with E-state index in [9.17, 15) is 4.79 Å². The molecule has 0 fully saturated rings. The van der Waals surface area contributed by atoms with Crippen LogP contribution in [0.5, 0.6) is 0 Å². The maximum Gasteiger partial charge on any atom is 0.251 e. The summed E-state index contributed by atoms with van der Waals surface area (Å²) in [5.41, 5.74) is 2.70. The number of hydrogen-bond acceptors (Lipinski definition) is 3. The van der Waals surface area contributed by atoms with Crippen LogP contribution in [0.2, 0.25) is 0 Å². The predicted octanol–water partition coefficient (Wildman–Crippen LogP) is 2.54. The molecule has 0 aliphatic carbocycles. The molecule has 98 valence electrons. The maximum absolute atomic E-state index is 11.8. The lowest BCUT2D eigenvalue weighted by Gasteiger charge is -2.07. The number of hydrogen-bond donors (Lipinski definition) is 2. The molecular weight excluding hydrogens is 238 g/mol. The second kappa shape index (κ2) is 6.00. The average molecular weight is 255 g/mol. The van der Waals surface area contributed by atoms with Crippen LogP contribution in [0.4, 0.5) is 5.82 Å². The number of nitrogens with zero attached hydrogens (tertiary/aromatic N) is 1. The molecule has 0 spiro atoms. The Hall–Kier alpha value is -2.36. The van der Waals surface area contributed by atoms with Gasteiger partial charge in [0, 0.05) is 25.4 Å². The fourth-order valence-corrected chi connectivity index (χ4v) is 1.85. The standard InChI is InChI=1S/C15H17N3O/c1-3-17-15(19)13-6-4-5-11(9-13)12-7-8-18-14(10-12)16-2/h4-10H,3H2,1-2H3,(H,16,18)(H,17,19). The third-order valence-corrected chi connectivity index (χ3v) is 2.81. The topological polar surface area (TPSA) is 54.0 Å². The van der Waals surface area contributed by atoms with Crippen molar-refractivity contribution in [1.29, 1.82) is 0 Å². The van der Waals surface area contributed by atoms with E-state index in [1.165, 1.54) is 0 Å². The van der Waals surface area contributed by atoms with Crippen molar-refractivity contribution in [3.05, 3.63) is 48.2 Å². The van der Waals surface area contributed by atoms with Gasteiger partial charge in [-0.2, -0.15) is 0 Å². The quantitative estimate of drug-likeness (QED) is 0.882. The number of nitrogens with one attached hydrogen (secondary N) is 2. The lowest BCUT2D eigenvalue weighted by molar-refractivity contribution is 0.0956. The van der Waals surface area contributed by atoms with Gasteiger partial charge >= 0.3 is 0 Å². The van der Waals surface area contributed by atoms with Gasteiger partial charge in [0.1, 0.15) is 5.82 Å². The van der Waals surface area contributed by atoms with E-state index in [0.717, 1.165) is 16.9 Å². The molecule has 19 heavy (non-hydrogen) atoms. The van der Waals surface area contributed by atoms with Crippen LogP contribution in [-0.2, 0) is 0 Å². The molecule has 0 saturated carbocycles. The zero-order valence-corrected chi connectivity index (χ0v) is 11.1. The number of anilines is 1. The summed E-state index contributed by atoms with van der Waals surface area (Å²) >= 11 is 0. The van der Waals surface area contributed by atoms with Crippen LogP contribution in [-0.4, -0.2) is 24.5 Å². The molecule has 4 nitrogen and oxygen atoms in total. The third kappa shape index (κ3) is 3.10. The molecule has 1 aromatic carbocycles. The Kier molecular flexibility index (Phi) is 4.13. The van der Waals surface area contributed by atoms with E-state index >= 15 is 0 Å². The minimum absolute atomic E-state index is 0.0488. The van der Waals surface area contributed by atoms with Gasteiger partial charge in [0.2, 0.25) is 0 Å². The first-order chi connectivity index (χ1) is 9.24. The minimum Gasteiger partial charge on any atom is -0.373 e. The number of carbonyl (C=O) groups is 1. The van der Waals surface area contributed by atoms with Crippen LogP contribution in [0.3, 0.4) is 0 Å². The van der Waals surface area contributed by atoms with E-state index in [-0.39, 0.29) is 5.91 Å². The number of benzene rings is 1. The third-order valence-electron chi connectivity index (χ3n) is 2.81. The first-order valence-electron chi connectivity index (χ1n) is 6.27. The van der Waals surface area contributed by atoms with Gasteiger partial charge < -0.3 is 10.6 Å². The highest BCUT2D eigenvalue weighted by Gasteiger charge is 2.06. The van der Waals surface area contributed by atoms with E-state index in [4.69, 9.17) is 0 Å². The summed E-state index contributed by atoms with van der Waals surface area (Å²) in [5, 5.41) is 5.80. The lowest BCUT2D eigenvalue weighted by atomic mass is 10.0. The molecule has 0 radical (unpaired) electrons. The molecule has 0 unspecified atom stereocenters. The highest BCUT2D eigenvalue weighted by Crippen LogP contribution is 2.22. The van der Waals surface area contributed by atoms with Gasteiger partial charge in [-0.05, 0) is 42.3 Å². The largest absolute Gasteiger partial charge is 0.373 e. The Morgan fingerprint density at radius 1 is 1.21 bits per heavy atom. The molecule has 4 heteroatoms. The zero-order chi connectivity index (χ0) is 13.7. The van der Waals surface area contributed by atoms with Crippen molar-refractivity contribution >= 4 is 11.7 Å². The van der Waals surface area contributed by atoms with Crippen molar-refractivity contribution in [2.75, 3.05) is 18.9 Å². The Balaban J connectivity index is 2.34. The van der Waals surface area contributed by atoms with Gasteiger partial charge in [-0.1, -0.05) is 12.1 Å². The average Bonchev–Trinajstić information content (AvgIpc) is 2.48. The van der Waals surface area contributed by atoms with E-state index in [0.29, 0.717) is 12.1 Å². The molecule has 2 aromatic rings. The monoisotopic (exact) mass is 255 g/mol. The summed E-state index contributed by atoms with van der Waals surface area (Å²) in [5.74, 6) is 0.758.